The van der Waals surface area contributed by atoms with Crippen molar-refractivity contribution >= 4 is 6.03 Å². The lowest BCUT2D eigenvalue weighted by molar-refractivity contribution is 0.0539. The number of nitrogens with zero attached hydrogens (tertiary/aromatic N) is 1. The lowest BCUT2D eigenvalue weighted by Gasteiger charge is -2.25. The van der Waals surface area contributed by atoms with Crippen LogP contribution in [-0.4, -0.2) is 37.2 Å². The van der Waals surface area contributed by atoms with Crippen LogP contribution in [-0.2, 0) is 4.74 Å². The molecule has 1 heterocycles. The van der Waals surface area contributed by atoms with Crippen LogP contribution in [0.1, 0.15) is 0 Å². The fourth-order valence-corrected chi connectivity index (χ4v) is 0.878. The number of carbonyl (C=O) groups excluding carboxylic acids is 1. The smallest absolute Gasteiger partial charge is 0.317 e. The van der Waals surface area contributed by atoms with Crippen LogP contribution >= 0.6 is 0 Å². The summed E-state index contributed by atoms with van der Waals surface area (Å²) in [6.07, 6.45) is 0. The molecular formula is C6H11N2O2. The zero-order valence-electron chi connectivity index (χ0n) is 5.80. The molecule has 1 aliphatic rings. The van der Waals surface area contributed by atoms with Gasteiger partial charge in [-0.25, -0.2) is 4.79 Å². The van der Waals surface area contributed by atoms with Crippen molar-refractivity contribution in [1.29, 1.82) is 0 Å². The monoisotopic (exact) mass is 143 g/mol. The van der Waals surface area contributed by atoms with Crippen molar-refractivity contribution in [2.45, 2.75) is 0 Å². The first kappa shape index (κ1) is 7.34. The third kappa shape index (κ3) is 1.60. The molecule has 1 N–H and O–H groups in total. The number of ether oxygens (including phenoxy) is 1. The van der Waals surface area contributed by atoms with E-state index < -0.39 is 0 Å². The number of hydrogen-bond donors (Lipinski definition) is 1. The van der Waals surface area contributed by atoms with E-state index >= 15 is 0 Å². The highest BCUT2D eigenvalue weighted by molar-refractivity contribution is 5.74. The lowest BCUT2D eigenvalue weighted by atomic mass is 10.4. The van der Waals surface area contributed by atoms with E-state index in [1.807, 2.05) is 0 Å². The summed E-state index contributed by atoms with van der Waals surface area (Å²) in [5, 5.41) is 2.32. The summed E-state index contributed by atoms with van der Waals surface area (Å²) in [6.45, 7) is 2.60. The van der Waals surface area contributed by atoms with E-state index in [1.54, 1.807) is 4.90 Å². The Kier molecular flexibility index (Phi) is 2.50. The molecule has 0 saturated carbocycles. The van der Waals surface area contributed by atoms with Crippen molar-refractivity contribution in [2.24, 2.45) is 0 Å². The van der Waals surface area contributed by atoms with E-state index in [0.29, 0.717) is 26.3 Å². The van der Waals surface area contributed by atoms with E-state index in [1.165, 1.54) is 0 Å². The number of rotatable bonds is 0. The third-order valence-corrected chi connectivity index (χ3v) is 1.45. The predicted molar refractivity (Wildman–Crippen MR) is 36.3 cm³/mol. The van der Waals surface area contributed by atoms with Crippen LogP contribution in [0.4, 0.5) is 4.79 Å². The minimum Gasteiger partial charge on any atom is -0.378 e. The van der Waals surface area contributed by atoms with Gasteiger partial charge in [0.25, 0.3) is 0 Å². The summed E-state index contributed by atoms with van der Waals surface area (Å²) < 4.78 is 5.05. The summed E-state index contributed by atoms with van der Waals surface area (Å²) in [4.78, 5) is 12.5. The molecule has 1 fully saturated rings. The highest BCUT2D eigenvalue weighted by Crippen LogP contribution is 1.95. The van der Waals surface area contributed by atoms with Gasteiger partial charge in [-0.3, -0.25) is 0 Å². The number of hydrogen-bond acceptors (Lipinski definition) is 2. The average Bonchev–Trinajstić information content (AvgIpc) is 2.05. The van der Waals surface area contributed by atoms with Crippen LogP contribution in [0, 0.1) is 7.05 Å². The molecule has 1 rings (SSSR count). The Morgan fingerprint density at radius 3 is 2.60 bits per heavy atom. The van der Waals surface area contributed by atoms with Gasteiger partial charge < -0.3 is 15.0 Å². The van der Waals surface area contributed by atoms with Crippen molar-refractivity contribution in [3.63, 3.8) is 0 Å². The fraction of sp³-hybridized carbons (Fsp3) is 0.667. The largest absolute Gasteiger partial charge is 0.378 e. The summed E-state index contributed by atoms with van der Waals surface area (Å²) >= 11 is 0. The zero-order chi connectivity index (χ0) is 7.40. The zero-order valence-corrected chi connectivity index (χ0v) is 5.80. The predicted octanol–water partition coefficient (Wildman–Crippen LogP) is -0.180. The quantitative estimate of drug-likeness (QED) is 0.511. The average molecular weight is 143 g/mol. The first-order valence-corrected chi connectivity index (χ1v) is 3.24. The molecule has 4 nitrogen and oxygen atoms in total. The maximum absolute atomic E-state index is 10.9. The van der Waals surface area contributed by atoms with Crippen LogP contribution < -0.4 is 5.32 Å². The number of amides is 2. The van der Waals surface area contributed by atoms with Crippen LogP contribution in [0.5, 0.6) is 0 Å². The molecule has 4 heteroatoms. The van der Waals surface area contributed by atoms with E-state index in [2.05, 4.69) is 12.4 Å². The summed E-state index contributed by atoms with van der Waals surface area (Å²) in [6, 6.07) is -0.122. The highest BCUT2D eigenvalue weighted by Gasteiger charge is 2.14. The maximum atomic E-state index is 10.9. The molecule has 1 aliphatic heterocycles. The highest BCUT2D eigenvalue weighted by atomic mass is 16.5. The van der Waals surface area contributed by atoms with E-state index in [0.717, 1.165) is 0 Å². The molecule has 57 valence electrons. The van der Waals surface area contributed by atoms with Gasteiger partial charge in [0, 0.05) is 20.1 Å². The van der Waals surface area contributed by atoms with E-state index in [9.17, 15) is 4.79 Å². The molecule has 2 amide bonds. The third-order valence-electron chi connectivity index (χ3n) is 1.45. The molecular weight excluding hydrogens is 132 g/mol. The molecule has 1 radical (unpaired) electrons. The Morgan fingerprint density at radius 2 is 2.10 bits per heavy atom. The Balaban J connectivity index is 2.31. The first-order valence-electron chi connectivity index (χ1n) is 3.24. The van der Waals surface area contributed by atoms with E-state index in [4.69, 9.17) is 4.74 Å². The van der Waals surface area contributed by atoms with Crippen LogP contribution in [0.3, 0.4) is 0 Å². The topological polar surface area (TPSA) is 41.6 Å². The minimum absolute atomic E-state index is 0.122. The van der Waals surface area contributed by atoms with Crippen molar-refractivity contribution in [3.8, 4) is 0 Å². The maximum Gasteiger partial charge on any atom is 0.317 e. The van der Waals surface area contributed by atoms with E-state index in [-0.39, 0.29) is 6.03 Å². The molecule has 0 spiro atoms. The van der Waals surface area contributed by atoms with Crippen molar-refractivity contribution in [1.82, 2.24) is 10.2 Å². The van der Waals surface area contributed by atoms with Gasteiger partial charge in [0.2, 0.25) is 0 Å². The number of urea groups is 1. The van der Waals surface area contributed by atoms with Crippen molar-refractivity contribution in [3.05, 3.63) is 7.05 Å². The van der Waals surface area contributed by atoms with Gasteiger partial charge >= 0.3 is 6.03 Å². The molecule has 0 unspecified atom stereocenters. The van der Waals surface area contributed by atoms with Gasteiger partial charge in [-0.1, -0.05) is 0 Å². The summed E-state index contributed by atoms with van der Waals surface area (Å²) in [5.41, 5.74) is 0. The second-order valence-electron chi connectivity index (χ2n) is 2.08. The molecule has 10 heavy (non-hydrogen) atoms. The molecule has 1 saturated heterocycles. The van der Waals surface area contributed by atoms with Gasteiger partial charge in [0.1, 0.15) is 0 Å². The normalized spacial score (nSPS) is 18.7. The Morgan fingerprint density at radius 1 is 1.50 bits per heavy atom. The van der Waals surface area contributed by atoms with Crippen LogP contribution in [0.2, 0.25) is 0 Å². The second-order valence-corrected chi connectivity index (χ2v) is 2.08. The number of carbonyl (C=O) groups is 1. The Hall–Kier alpha value is -0.770. The van der Waals surface area contributed by atoms with Crippen LogP contribution in [0.25, 0.3) is 0 Å². The Bertz CT molecular complexity index is 121. The SMILES string of the molecule is [CH2]NC(=O)N1CCOCC1. The first-order chi connectivity index (χ1) is 4.84. The standard InChI is InChI=1S/C6H11N2O2/c1-7-6(9)8-2-4-10-5-3-8/h1-5H2,(H,7,9). The van der Waals surface area contributed by atoms with Gasteiger partial charge in [-0.05, 0) is 0 Å². The molecule has 0 aliphatic carbocycles. The van der Waals surface area contributed by atoms with Crippen LogP contribution in [0.15, 0.2) is 0 Å². The van der Waals surface area contributed by atoms with Gasteiger partial charge in [0.05, 0.1) is 13.2 Å². The minimum atomic E-state index is -0.122. The van der Waals surface area contributed by atoms with Gasteiger partial charge in [-0.2, -0.15) is 0 Å². The van der Waals surface area contributed by atoms with Gasteiger partial charge in [-0.15, -0.1) is 0 Å². The molecule has 0 aromatic heterocycles. The summed E-state index contributed by atoms with van der Waals surface area (Å²) in [7, 11) is 3.28. The van der Waals surface area contributed by atoms with Crippen molar-refractivity contribution < 1.29 is 9.53 Å². The molecule has 0 aromatic rings. The molecule has 0 bridgehead atoms. The fourth-order valence-electron chi connectivity index (χ4n) is 0.878. The molecule has 0 aromatic carbocycles. The summed E-state index contributed by atoms with van der Waals surface area (Å²) in [5.74, 6) is 0. The van der Waals surface area contributed by atoms with Gasteiger partial charge in [0.15, 0.2) is 0 Å². The molecule has 0 atom stereocenters. The Labute approximate surface area is 60.1 Å². The number of morpholine rings is 1. The number of nitrogens with one attached hydrogen (secondary N) is 1. The van der Waals surface area contributed by atoms with Crippen molar-refractivity contribution in [2.75, 3.05) is 26.3 Å². The lowest BCUT2D eigenvalue weighted by Crippen LogP contribution is -2.44. The second kappa shape index (κ2) is 3.41.